The molecule has 2 aliphatic heterocycles. The van der Waals surface area contributed by atoms with Gasteiger partial charge in [-0.05, 0) is 25.0 Å². The second-order valence-corrected chi connectivity index (χ2v) is 9.91. The third-order valence-electron chi connectivity index (χ3n) is 7.10. The van der Waals surface area contributed by atoms with Crippen LogP contribution in [-0.4, -0.2) is 63.1 Å². The zero-order chi connectivity index (χ0) is 28.6. The van der Waals surface area contributed by atoms with Crippen molar-refractivity contribution in [3.63, 3.8) is 0 Å². The van der Waals surface area contributed by atoms with Gasteiger partial charge in [0, 0.05) is 30.4 Å². The minimum atomic E-state index is -1.18. The van der Waals surface area contributed by atoms with E-state index in [-0.39, 0.29) is 55.4 Å². The number of nitrogens with zero attached hydrogens (tertiary/aromatic N) is 3. The van der Waals surface area contributed by atoms with Crippen LogP contribution in [0.15, 0.2) is 59.5 Å². The highest BCUT2D eigenvalue weighted by molar-refractivity contribution is 5.99. The van der Waals surface area contributed by atoms with E-state index < -0.39 is 47.1 Å². The summed E-state index contributed by atoms with van der Waals surface area (Å²) < 4.78 is 34.7. The SMILES string of the molecule is C[C@@H]1C[C@H](O)[C@H](O)CN2CN1n1cc(C(=O)NCc3ccc(F)cc3F)c(=O)c(OCc3ccccc3)c1C2=O. The number of carbonyl (C=O) groups is 2. The van der Waals surface area contributed by atoms with Crippen molar-refractivity contribution in [2.24, 2.45) is 0 Å². The lowest BCUT2D eigenvalue weighted by Gasteiger charge is -2.46. The molecule has 2 amide bonds. The molecule has 1 saturated heterocycles. The molecule has 40 heavy (non-hydrogen) atoms. The molecule has 0 unspecified atom stereocenters. The van der Waals surface area contributed by atoms with E-state index in [4.69, 9.17) is 4.74 Å². The van der Waals surface area contributed by atoms with E-state index in [0.29, 0.717) is 11.6 Å². The van der Waals surface area contributed by atoms with E-state index in [1.165, 1.54) is 21.8 Å². The van der Waals surface area contributed by atoms with Crippen LogP contribution in [0.5, 0.6) is 5.75 Å². The van der Waals surface area contributed by atoms with E-state index in [0.717, 1.165) is 6.07 Å². The molecule has 0 spiro atoms. The number of hydrogen-bond donors (Lipinski definition) is 3. The topological polar surface area (TPSA) is 124 Å². The number of ether oxygens (including phenoxy) is 1. The Kier molecular flexibility index (Phi) is 7.55. The zero-order valence-electron chi connectivity index (χ0n) is 21.6. The van der Waals surface area contributed by atoms with Gasteiger partial charge in [0.1, 0.15) is 30.5 Å². The minimum Gasteiger partial charge on any atom is -0.482 e. The average molecular weight is 555 g/mol. The van der Waals surface area contributed by atoms with Crippen LogP contribution < -0.4 is 20.5 Å². The monoisotopic (exact) mass is 554 g/mol. The van der Waals surface area contributed by atoms with Gasteiger partial charge in [-0.15, -0.1) is 0 Å². The third kappa shape index (κ3) is 5.27. The molecule has 0 saturated carbocycles. The van der Waals surface area contributed by atoms with Crippen molar-refractivity contribution < 1.29 is 33.3 Å². The van der Waals surface area contributed by atoms with Crippen molar-refractivity contribution in [2.45, 2.75) is 44.7 Å². The first kappa shape index (κ1) is 27.3. The van der Waals surface area contributed by atoms with E-state index >= 15 is 0 Å². The predicted octanol–water partition coefficient (Wildman–Crippen LogP) is 1.50. The second-order valence-electron chi connectivity index (χ2n) is 9.91. The Labute approximate surface area is 228 Å². The van der Waals surface area contributed by atoms with Gasteiger partial charge in [0.15, 0.2) is 11.4 Å². The Morgan fingerprint density at radius 3 is 2.58 bits per heavy atom. The molecule has 1 fully saturated rings. The standard InChI is InChI=1S/C28H28F2N4O6/c1-16-9-22(35)23(36)13-32-15-34(16)33-12-20(27(38)31-11-18-7-8-19(29)10-21(18)30)25(37)26(24(33)28(32)39)40-14-17-5-3-2-4-6-17/h2-8,10,12,16,22-23,35-36H,9,11,13-15H2,1H3,(H,31,38)/t16-,22+,23-/m1/s1. The first-order chi connectivity index (χ1) is 19.1. The summed E-state index contributed by atoms with van der Waals surface area (Å²) in [6, 6.07) is 11.4. The van der Waals surface area contributed by atoms with Crippen LogP contribution in [0.1, 0.15) is 45.3 Å². The fourth-order valence-electron chi connectivity index (χ4n) is 4.86. The Morgan fingerprint density at radius 1 is 1.10 bits per heavy atom. The number of nitrogens with one attached hydrogen (secondary N) is 1. The molecule has 3 atom stereocenters. The van der Waals surface area contributed by atoms with Crippen LogP contribution in [0.2, 0.25) is 0 Å². The summed E-state index contributed by atoms with van der Waals surface area (Å²) in [5.41, 5.74) is -0.592. The molecule has 2 bridgehead atoms. The molecule has 2 aliphatic rings. The summed E-state index contributed by atoms with van der Waals surface area (Å²) in [5, 5.41) is 25.0. The summed E-state index contributed by atoms with van der Waals surface area (Å²) in [5.74, 6) is -3.43. The minimum absolute atomic E-state index is 0.0177. The van der Waals surface area contributed by atoms with E-state index in [2.05, 4.69) is 5.32 Å². The maximum atomic E-state index is 14.1. The van der Waals surface area contributed by atoms with E-state index in [9.17, 15) is 33.4 Å². The van der Waals surface area contributed by atoms with Crippen molar-refractivity contribution in [1.82, 2.24) is 14.9 Å². The Balaban J connectivity index is 1.56. The van der Waals surface area contributed by atoms with Crippen molar-refractivity contribution >= 4 is 11.8 Å². The van der Waals surface area contributed by atoms with Crippen molar-refractivity contribution in [1.29, 1.82) is 0 Å². The highest BCUT2D eigenvalue weighted by atomic mass is 19.1. The van der Waals surface area contributed by atoms with E-state index in [1.54, 1.807) is 36.2 Å². The number of rotatable bonds is 6. The summed E-state index contributed by atoms with van der Waals surface area (Å²) in [6.07, 6.45) is -0.909. The fourth-order valence-corrected chi connectivity index (χ4v) is 4.86. The van der Waals surface area contributed by atoms with Gasteiger partial charge < -0.3 is 25.2 Å². The molecule has 5 rings (SSSR count). The maximum absolute atomic E-state index is 14.1. The fraction of sp³-hybridized carbons (Fsp3) is 0.321. The van der Waals surface area contributed by atoms with Crippen molar-refractivity contribution in [3.8, 4) is 5.75 Å². The van der Waals surface area contributed by atoms with Gasteiger partial charge in [-0.3, -0.25) is 24.1 Å². The Morgan fingerprint density at radius 2 is 1.85 bits per heavy atom. The number of aliphatic hydroxyl groups is 2. The number of pyridine rings is 1. The van der Waals surface area contributed by atoms with Crippen molar-refractivity contribution in [2.75, 3.05) is 18.2 Å². The summed E-state index contributed by atoms with van der Waals surface area (Å²) in [6.45, 7) is 1.25. The number of carbonyl (C=O) groups excluding carboxylic acids is 2. The molecule has 3 N–H and O–H groups in total. The first-order valence-corrected chi connectivity index (χ1v) is 12.7. The maximum Gasteiger partial charge on any atom is 0.277 e. The van der Waals surface area contributed by atoms with Crippen LogP contribution >= 0.6 is 0 Å². The second kappa shape index (κ2) is 11.1. The molecule has 0 aliphatic carbocycles. The zero-order valence-corrected chi connectivity index (χ0v) is 21.6. The van der Waals surface area contributed by atoms with Gasteiger partial charge in [-0.2, -0.15) is 0 Å². The third-order valence-corrected chi connectivity index (χ3v) is 7.10. The Hall–Kier alpha value is -4.29. The normalized spacial score (nSPS) is 20.4. The molecule has 10 nitrogen and oxygen atoms in total. The number of fused-ring (bicyclic) bond motifs is 4. The smallest absolute Gasteiger partial charge is 0.277 e. The van der Waals surface area contributed by atoms with Gasteiger partial charge in [0.2, 0.25) is 5.43 Å². The lowest BCUT2D eigenvalue weighted by atomic mass is 10.0. The molecule has 0 radical (unpaired) electrons. The molecule has 3 heterocycles. The average Bonchev–Trinajstić information content (AvgIpc) is 2.93. The summed E-state index contributed by atoms with van der Waals surface area (Å²) >= 11 is 0. The van der Waals surface area contributed by atoms with Crippen LogP contribution in [0.3, 0.4) is 0 Å². The highest BCUT2D eigenvalue weighted by Crippen LogP contribution is 2.27. The number of hydrogen-bond acceptors (Lipinski definition) is 7. The predicted molar refractivity (Wildman–Crippen MR) is 139 cm³/mol. The van der Waals surface area contributed by atoms with Crippen molar-refractivity contribution in [3.05, 3.63) is 99.0 Å². The van der Waals surface area contributed by atoms with Crippen LogP contribution in [0.25, 0.3) is 0 Å². The van der Waals surface area contributed by atoms with Crippen LogP contribution in [-0.2, 0) is 13.2 Å². The van der Waals surface area contributed by atoms with Crippen LogP contribution in [0.4, 0.5) is 8.78 Å². The number of amides is 2. The van der Waals surface area contributed by atoms with E-state index in [1.807, 2.05) is 6.07 Å². The van der Waals surface area contributed by atoms with Gasteiger partial charge in [0.25, 0.3) is 11.8 Å². The molecular formula is C28H28F2N4O6. The van der Waals surface area contributed by atoms with Gasteiger partial charge >= 0.3 is 0 Å². The Bertz CT molecular complexity index is 1500. The van der Waals surface area contributed by atoms with Gasteiger partial charge in [-0.1, -0.05) is 36.4 Å². The molecule has 210 valence electrons. The summed E-state index contributed by atoms with van der Waals surface area (Å²) in [7, 11) is 0. The molecular weight excluding hydrogens is 526 g/mol. The number of aliphatic hydroxyl groups excluding tert-OH is 2. The lowest BCUT2D eigenvalue weighted by molar-refractivity contribution is -0.0212. The number of aromatic nitrogens is 1. The van der Waals surface area contributed by atoms with Crippen LogP contribution in [0, 0.1) is 11.6 Å². The molecule has 3 aromatic rings. The van der Waals surface area contributed by atoms with Gasteiger partial charge in [-0.25, -0.2) is 8.78 Å². The summed E-state index contributed by atoms with van der Waals surface area (Å²) in [4.78, 5) is 41.8. The largest absolute Gasteiger partial charge is 0.482 e. The quantitative estimate of drug-likeness (QED) is 0.422. The first-order valence-electron chi connectivity index (χ1n) is 12.7. The number of halogens is 2. The molecule has 2 aromatic carbocycles. The molecule has 1 aromatic heterocycles. The lowest BCUT2D eigenvalue weighted by Crippen LogP contribution is -2.62. The number of benzene rings is 2. The highest BCUT2D eigenvalue weighted by Gasteiger charge is 2.40. The molecule has 12 heteroatoms. The van der Waals surface area contributed by atoms with Gasteiger partial charge in [0.05, 0.1) is 18.8 Å².